The van der Waals surface area contributed by atoms with Crippen molar-refractivity contribution in [2.24, 2.45) is 5.92 Å². The number of rotatable bonds is 6. The van der Waals surface area contributed by atoms with Crippen LogP contribution < -0.4 is 0 Å². The van der Waals surface area contributed by atoms with Crippen LogP contribution in [0.2, 0.25) is 0 Å². The van der Waals surface area contributed by atoms with Gasteiger partial charge in [0.05, 0.1) is 0 Å². The second kappa shape index (κ2) is 8.97. The van der Waals surface area contributed by atoms with Crippen molar-refractivity contribution in [1.29, 1.82) is 0 Å². The predicted molar refractivity (Wildman–Crippen MR) is 97.1 cm³/mol. The van der Waals surface area contributed by atoms with Gasteiger partial charge in [-0.15, -0.1) is 0 Å². The molecule has 0 saturated heterocycles. The highest BCUT2D eigenvalue weighted by Crippen LogP contribution is 2.27. The quantitative estimate of drug-likeness (QED) is 0.740. The Bertz CT molecular complexity index is 563. The lowest BCUT2D eigenvalue weighted by molar-refractivity contribution is -0.129. The van der Waals surface area contributed by atoms with E-state index in [9.17, 15) is 9.18 Å². The molecule has 0 atom stereocenters. The Labute approximate surface area is 145 Å². The zero-order chi connectivity index (χ0) is 17.5. The topological polar surface area (TPSA) is 23.6 Å². The molecule has 3 nitrogen and oxygen atoms in total. The molecular weight excluding hydrogens is 303 g/mol. The number of benzene rings is 1. The Balaban J connectivity index is 2.07. The van der Waals surface area contributed by atoms with E-state index in [2.05, 4.69) is 11.8 Å². The molecule has 0 unspecified atom stereocenters. The number of carbonyl (C=O) groups is 1. The van der Waals surface area contributed by atoms with Gasteiger partial charge in [-0.25, -0.2) is 4.39 Å². The van der Waals surface area contributed by atoms with Gasteiger partial charge in [0.15, 0.2) is 0 Å². The first kappa shape index (κ1) is 18.7. The minimum atomic E-state index is -0.298. The van der Waals surface area contributed by atoms with Gasteiger partial charge in [0.25, 0.3) is 0 Å². The second-order valence-electron chi connectivity index (χ2n) is 7.10. The molecule has 24 heavy (non-hydrogen) atoms. The van der Waals surface area contributed by atoms with Gasteiger partial charge in [-0.2, -0.15) is 0 Å². The summed E-state index contributed by atoms with van der Waals surface area (Å²) in [5, 5.41) is 0. The third kappa shape index (κ3) is 5.45. The minimum absolute atomic E-state index is 0.0142. The van der Waals surface area contributed by atoms with Crippen LogP contribution in [0.3, 0.4) is 0 Å². The zero-order valence-electron chi connectivity index (χ0n) is 15.0. The van der Waals surface area contributed by atoms with Crippen LogP contribution in [0.5, 0.6) is 0 Å². The molecule has 0 radical (unpaired) electrons. The Morgan fingerprint density at radius 1 is 1.17 bits per heavy atom. The summed E-state index contributed by atoms with van der Waals surface area (Å²) in [5.74, 6) is 0.438. The molecule has 0 aromatic heterocycles. The standard InChI is InChI=1S/C20H29FN2O/c1-16-8-11-18(12-9-16)23(15-14-22(2)3)20(24)13-10-17-6-4-5-7-19(17)21/h4-7,10,13,16,18H,8-9,11-12,14-15H2,1-3H3/b13-10+. The molecule has 1 fully saturated rings. The summed E-state index contributed by atoms with van der Waals surface area (Å²) in [4.78, 5) is 16.8. The Hall–Kier alpha value is -1.68. The fourth-order valence-corrected chi connectivity index (χ4v) is 3.20. The molecule has 0 N–H and O–H groups in total. The number of halogens is 1. The average Bonchev–Trinajstić information content (AvgIpc) is 2.55. The maximum Gasteiger partial charge on any atom is 0.246 e. The van der Waals surface area contributed by atoms with Crippen LogP contribution in [0.1, 0.15) is 38.2 Å². The van der Waals surface area contributed by atoms with E-state index in [0.29, 0.717) is 18.2 Å². The Morgan fingerprint density at radius 3 is 2.46 bits per heavy atom. The van der Waals surface area contributed by atoms with Gasteiger partial charge in [0.1, 0.15) is 5.82 Å². The molecule has 2 rings (SSSR count). The molecule has 1 aliphatic rings. The van der Waals surface area contributed by atoms with Gasteiger partial charge in [0, 0.05) is 30.8 Å². The van der Waals surface area contributed by atoms with E-state index in [1.54, 1.807) is 24.3 Å². The molecule has 1 aliphatic carbocycles. The first-order chi connectivity index (χ1) is 11.5. The van der Waals surface area contributed by atoms with E-state index < -0.39 is 0 Å². The van der Waals surface area contributed by atoms with Crippen LogP contribution in [0.4, 0.5) is 4.39 Å². The van der Waals surface area contributed by atoms with E-state index in [-0.39, 0.29) is 11.7 Å². The lowest BCUT2D eigenvalue weighted by Gasteiger charge is -2.36. The highest BCUT2D eigenvalue weighted by molar-refractivity contribution is 5.92. The summed E-state index contributed by atoms with van der Waals surface area (Å²) in [6.07, 6.45) is 7.58. The van der Waals surface area contributed by atoms with Gasteiger partial charge >= 0.3 is 0 Å². The molecule has 0 heterocycles. The fraction of sp³-hybridized carbons (Fsp3) is 0.550. The van der Waals surface area contributed by atoms with Crippen LogP contribution >= 0.6 is 0 Å². The van der Waals surface area contributed by atoms with E-state index in [1.807, 2.05) is 19.0 Å². The van der Waals surface area contributed by atoms with Gasteiger partial charge < -0.3 is 9.80 Å². The van der Waals surface area contributed by atoms with Crippen molar-refractivity contribution >= 4 is 12.0 Å². The van der Waals surface area contributed by atoms with Crippen molar-refractivity contribution in [1.82, 2.24) is 9.80 Å². The normalized spacial score (nSPS) is 21.4. The summed E-state index contributed by atoms with van der Waals surface area (Å²) in [6.45, 7) is 3.83. The molecular formula is C20H29FN2O. The van der Waals surface area contributed by atoms with E-state index >= 15 is 0 Å². The van der Waals surface area contributed by atoms with Gasteiger partial charge in [0.2, 0.25) is 5.91 Å². The molecule has 132 valence electrons. The highest BCUT2D eigenvalue weighted by Gasteiger charge is 2.26. The molecule has 0 bridgehead atoms. The average molecular weight is 332 g/mol. The van der Waals surface area contributed by atoms with Crippen molar-refractivity contribution in [3.8, 4) is 0 Å². The van der Waals surface area contributed by atoms with E-state index in [0.717, 1.165) is 25.3 Å². The SMILES string of the molecule is CC1CCC(N(CCN(C)C)C(=O)/C=C/c2ccccc2F)CC1. The molecule has 1 aromatic carbocycles. The summed E-state index contributed by atoms with van der Waals surface area (Å²) >= 11 is 0. The molecule has 0 aliphatic heterocycles. The Kier molecular flexibility index (Phi) is 6.98. The third-order valence-corrected chi connectivity index (χ3v) is 4.81. The second-order valence-corrected chi connectivity index (χ2v) is 7.10. The van der Waals surface area contributed by atoms with Gasteiger partial charge in [-0.3, -0.25) is 4.79 Å². The number of hydrogen-bond acceptors (Lipinski definition) is 2. The summed E-state index contributed by atoms with van der Waals surface area (Å²) in [6, 6.07) is 6.84. The first-order valence-electron chi connectivity index (χ1n) is 8.85. The van der Waals surface area contributed by atoms with E-state index in [1.165, 1.54) is 25.0 Å². The smallest absolute Gasteiger partial charge is 0.246 e. The number of amides is 1. The summed E-state index contributed by atoms with van der Waals surface area (Å²) < 4.78 is 13.7. The molecule has 1 aromatic rings. The number of likely N-dealkylation sites (N-methyl/N-ethyl adjacent to an activating group) is 1. The van der Waals surface area contributed by atoms with Crippen LogP contribution in [0.25, 0.3) is 6.08 Å². The molecule has 4 heteroatoms. The predicted octanol–water partition coefficient (Wildman–Crippen LogP) is 3.81. The fourth-order valence-electron chi connectivity index (χ4n) is 3.20. The number of carbonyl (C=O) groups excluding carboxylic acids is 1. The highest BCUT2D eigenvalue weighted by atomic mass is 19.1. The first-order valence-corrected chi connectivity index (χ1v) is 8.85. The largest absolute Gasteiger partial charge is 0.335 e. The van der Waals surface area contributed by atoms with Crippen molar-refractivity contribution in [2.45, 2.75) is 38.6 Å². The van der Waals surface area contributed by atoms with Crippen LogP contribution in [-0.2, 0) is 4.79 Å². The van der Waals surface area contributed by atoms with Crippen molar-refractivity contribution in [3.63, 3.8) is 0 Å². The Morgan fingerprint density at radius 2 is 1.83 bits per heavy atom. The molecule has 1 amide bonds. The lowest BCUT2D eigenvalue weighted by atomic mass is 9.86. The lowest BCUT2D eigenvalue weighted by Crippen LogP contribution is -2.44. The summed E-state index contributed by atoms with van der Waals surface area (Å²) in [7, 11) is 4.03. The van der Waals surface area contributed by atoms with Crippen LogP contribution in [0, 0.1) is 11.7 Å². The molecule has 0 spiro atoms. The van der Waals surface area contributed by atoms with Gasteiger partial charge in [-0.1, -0.05) is 25.1 Å². The monoisotopic (exact) mass is 332 g/mol. The zero-order valence-corrected chi connectivity index (χ0v) is 15.0. The van der Waals surface area contributed by atoms with Crippen molar-refractivity contribution in [3.05, 3.63) is 41.7 Å². The molecule has 1 saturated carbocycles. The van der Waals surface area contributed by atoms with Crippen LogP contribution in [-0.4, -0.2) is 48.9 Å². The number of hydrogen-bond donors (Lipinski definition) is 0. The van der Waals surface area contributed by atoms with Crippen molar-refractivity contribution < 1.29 is 9.18 Å². The summed E-state index contributed by atoms with van der Waals surface area (Å²) in [5.41, 5.74) is 0.454. The maximum atomic E-state index is 13.7. The third-order valence-electron chi connectivity index (χ3n) is 4.81. The van der Waals surface area contributed by atoms with Crippen molar-refractivity contribution in [2.75, 3.05) is 27.2 Å². The van der Waals surface area contributed by atoms with E-state index in [4.69, 9.17) is 0 Å². The van der Waals surface area contributed by atoms with Crippen LogP contribution in [0.15, 0.2) is 30.3 Å². The number of nitrogens with zero attached hydrogens (tertiary/aromatic N) is 2. The maximum absolute atomic E-state index is 13.7. The minimum Gasteiger partial charge on any atom is -0.335 e. The van der Waals surface area contributed by atoms with Gasteiger partial charge in [-0.05, 0) is 57.8 Å².